The smallest absolute Gasteiger partial charge is 0.329 e. The van der Waals surface area contributed by atoms with Gasteiger partial charge in [-0.2, -0.15) is 0 Å². The molecule has 0 saturated carbocycles. The normalized spacial score (nSPS) is 15.3. The van der Waals surface area contributed by atoms with Gasteiger partial charge in [-0.15, -0.1) is 0 Å². The molecule has 0 aliphatic heterocycles. The molecule has 0 radical (unpaired) electrons. The second-order valence-corrected chi connectivity index (χ2v) is 7.70. The molecule has 0 saturated heterocycles. The number of rotatable bonds is 6. The van der Waals surface area contributed by atoms with Gasteiger partial charge in [0.25, 0.3) is 0 Å². The lowest BCUT2D eigenvalue weighted by Crippen LogP contribution is -2.45. The van der Waals surface area contributed by atoms with E-state index >= 15 is 0 Å². The van der Waals surface area contributed by atoms with Gasteiger partial charge in [-0.25, -0.2) is 9.59 Å². The number of nitrogens with one attached hydrogen (secondary N) is 2. The minimum Gasteiger partial charge on any atom is -0.464 e. The third-order valence-corrected chi connectivity index (χ3v) is 5.75. The lowest BCUT2D eigenvalue weighted by Gasteiger charge is -2.20. The number of amides is 2. The first kappa shape index (κ1) is 19.4. The highest BCUT2D eigenvalue weighted by atomic mass is 16.5. The van der Waals surface area contributed by atoms with Gasteiger partial charge in [-0.1, -0.05) is 12.1 Å². The first-order chi connectivity index (χ1) is 14.2. The summed E-state index contributed by atoms with van der Waals surface area (Å²) < 4.78 is 5.17. The molecule has 2 aliphatic carbocycles. The van der Waals surface area contributed by atoms with Gasteiger partial charge < -0.3 is 15.4 Å². The van der Waals surface area contributed by atoms with Crippen LogP contribution < -0.4 is 10.6 Å². The average molecular weight is 393 g/mol. The number of aryl methyl sites for hydroxylation is 2. The third kappa shape index (κ3) is 4.26. The van der Waals surface area contributed by atoms with Gasteiger partial charge in [0.15, 0.2) is 0 Å². The summed E-state index contributed by atoms with van der Waals surface area (Å²) in [6.45, 7) is 2.03. The first-order valence-corrected chi connectivity index (χ1v) is 10.4. The predicted molar refractivity (Wildman–Crippen MR) is 111 cm³/mol. The Labute approximate surface area is 171 Å². The van der Waals surface area contributed by atoms with E-state index in [1.165, 1.54) is 22.3 Å². The summed E-state index contributed by atoms with van der Waals surface area (Å²) in [5.74, 6) is -0.435. The zero-order chi connectivity index (χ0) is 20.2. The lowest BCUT2D eigenvalue weighted by atomic mass is 9.99. The van der Waals surface area contributed by atoms with Crippen LogP contribution in [0.1, 0.15) is 47.6 Å². The molecule has 4 rings (SSSR count). The minimum atomic E-state index is -0.760. The maximum atomic E-state index is 12.9. The molecule has 2 aromatic rings. The van der Waals surface area contributed by atoms with Crippen LogP contribution >= 0.6 is 0 Å². The molecular weight excluding hydrogens is 366 g/mol. The van der Waals surface area contributed by atoms with Crippen molar-refractivity contribution < 1.29 is 14.3 Å². The van der Waals surface area contributed by atoms with Gasteiger partial charge in [0.2, 0.25) is 0 Å². The number of pyridine rings is 1. The fourth-order valence-electron chi connectivity index (χ4n) is 4.47. The van der Waals surface area contributed by atoms with Gasteiger partial charge in [0.1, 0.15) is 6.04 Å². The van der Waals surface area contributed by atoms with Crippen molar-refractivity contribution in [1.82, 2.24) is 10.3 Å². The van der Waals surface area contributed by atoms with Crippen molar-refractivity contribution in [2.24, 2.45) is 0 Å². The summed E-state index contributed by atoms with van der Waals surface area (Å²) in [6.07, 6.45) is 10.1. The van der Waals surface area contributed by atoms with E-state index in [4.69, 9.17) is 4.74 Å². The Balaban J connectivity index is 1.52. The van der Waals surface area contributed by atoms with E-state index in [1.54, 1.807) is 19.3 Å². The van der Waals surface area contributed by atoms with Crippen LogP contribution in [-0.4, -0.2) is 29.6 Å². The summed E-state index contributed by atoms with van der Waals surface area (Å²) in [4.78, 5) is 29.4. The van der Waals surface area contributed by atoms with Crippen molar-refractivity contribution in [2.75, 3.05) is 11.9 Å². The molecule has 1 aromatic heterocycles. The van der Waals surface area contributed by atoms with Crippen LogP contribution in [0.5, 0.6) is 0 Å². The minimum absolute atomic E-state index is 0.269. The van der Waals surface area contributed by atoms with Crippen molar-refractivity contribution >= 4 is 17.7 Å². The highest BCUT2D eigenvalue weighted by Crippen LogP contribution is 2.38. The molecule has 0 fully saturated rings. The Morgan fingerprint density at radius 3 is 2.48 bits per heavy atom. The Bertz CT molecular complexity index is 879. The number of urea groups is 1. The molecule has 2 aliphatic rings. The number of carbonyl (C=O) groups is 2. The van der Waals surface area contributed by atoms with Crippen molar-refractivity contribution in [3.8, 4) is 0 Å². The topological polar surface area (TPSA) is 80.3 Å². The Morgan fingerprint density at radius 2 is 1.86 bits per heavy atom. The van der Waals surface area contributed by atoms with Gasteiger partial charge in [0, 0.05) is 24.5 Å². The predicted octanol–water partition coefficient (Wildman–Crippen LogP) is 3.35. The molecule has 0 spiro atoms. The quantitative estimate of drug-likeness (QED) is 0.738. The van der Waals surface area contributed by atoms with E-state index in [0.717, 1.165) is 49.8 Å². The van der Waals surface area contributed by atoms with Crippen LogP contribution in [0, 0.1) is 0 Å². The summed E-state index contributed by atoms with van der Waals surface area (Å²) >= 11 is 0. The second-order valence-electron chi connectivity index (χ2n) is 7.70. The number of carbonyl (C=O) groups excluding carboxylic acids is 2. The standard InChI is InChI=1S/C23H27N3O3/c1-2-29-22(27)20(12-15-6-5-11-24-14-15)25-23(28)26-21-18-9-3-7-16(18)13-17-8-4-10-19(17)21/h5-6,11,13-14,20H,2-4,7-10,12H2,1H3,(H2,25,26,28)/t20-/m1/s1. The van der Waals surface area contributed by atoms with E-state index in [1.807, 2.05) is 12.1 Å². The van der Waals surface area contributed by atoms with Crippen LogP contribution in [0.15, 0.2) is 30.6 Å². The van der Waals surface area contributed by atoms with Crippen molar-refractivity contribution in [2.45, 2.75) is 57.9 Å². The molecule has 29 heavy (non-hydrogen) atoms. The molecule has 2 N–H and O–H groups in total. The highest BCUT2D eigenvalue weighted by Gasteiger charge is 2.27. The second kappa shape index (κ2) is 8.64. The van der Waals surface area contributed by atoms with Crippen molar-refractivity contribution in [3.63, 3.8) is 0 Å². The number of anilines is 1. The number of nitrogens with zero attached hydrogens (tertiary/aromatic N) is 1. The first-order valence-electron chi connectivity index (χ1n) is 10.4. The molecular formula is C23H27N3O3. The van der Waals surface area contributed by atoms with Gasteiger partial charge in [-0.3, -0.25) is 4.98 Å². The largest absolute Gasteiger partial charge is 0.464 e. The SMILES string of the molecule is CCOC(=O)[C@@H](Cc1cccnc1)NC(=O)Nc1c2c(cc3c1CCC3)CCC2. The molecule has 0 bridgehead atoms. The van der Waals surface area contributed by atoms with Crippen LogP contribution in [0.2, 0.25) is 0 Å². The third-order valence-electron chi connectivity index (χ3n) is 5.75. The molecule has 2 amide bonds. The van der Waals surface area contributed by atoms with Crippen molar-refractivity contribution in [3.05, 3.63) is 58.4 Å². The Morgan fingerprint density at radius 1 is 1.14 bits per heavy atom. The van der Waals surface area contributed by atoms with Gasteiger partial charge in [-0.05, 0) is 79.3 Å². The zero-order valence-electron chi connectivity index (χ0n) is 16.8. The summed E-state index contributed by atoms with van der Waals surface area (Å²) in [7, 11) is 0. The number of hydrogen-bond acceptors (Lipinski definition) is 4. The number of esters is 1. The summed E-state index contributed by atoms with van der Waals surface area (Å²) in [5, 5.41) is 5.91. The fourth-order valence-corrected chi connectivity index (χ4v) is 4.47. The number of ether oxygens (including phenoxy) is 1. The molecule has 152 valence electrons. The molecule has 6 nitrogen and oxygen atoms in total. The lowest BCUT2D eigenvalue weighted by molar-refractivity contribution is -0.145. The van der Waals surface area contributed by atoms with E-state index in [0.29, 0.717) is 6.42 Å². The number of hydrogen-bond donors (Lipinski definition) is 2. The summed E-state index contributed by atoms with van der Waals surface area (Å²) in [6, 6.07) is 4.91. The summed E-state index contributed by atoms with van der Waals surface area (Å²) in [5.41, 5.74) is 7.08. The maximum absolute atomic E-state index is 12.9. The highest BCUT2D eigenvalue weighted by molar-refractivity contribution is 5.94. The van der Waals surface area contributed by atoms with Gasteiger partial charge >= 0.3 is 12.0 Å². The number of benzene rings is 1. The van der Waals surface area contributed by atoms with E-state index in [2.05, 4.69) is 21.7 Å². The van der Waals surface area contributed by atoms with E-state index in [9.17, 15) is 9.59 Å². The zero-order valence-corrected chi connectivity index (χ0v) is 16.8. The Hall–Kier alpha value is -2.89. The van der Waals surface area contributed by atoms with Crippen LogP contribution in [0.3, 0.4) is 0 Å². The monoisotopic (exact) mass is 393 g/mol. The molecule has 1 aromatic carbocycles. The maximum Gasteiger partial charge on any atom is 0.329 e. The van der Waals surface area contributed by atoms with Crippen molar-refractivity contribution in [1.29, 1.82) is 0 Å². The average Bonchev–Trinajstić information content (AvgIpc) is 3.37. The van der Waals surface area contributed by atoms with E-state index < -0.39 is 12.0 Å². The molecule has 0 unspecified atom stereocenters. The van der Waals surface area contributed by atoms with E-state index in [-0.39, 0.29) is 12.6 Å². The number of fused-ring (bicyclic) bond motifs is 2. The van der Waals surface area contributed by atoms with Crippen LogP contribution in [-0.2, 0) is 41.6 Å². The fraction of sp³-hybridized carbons (Fsp3) is 0.435. The molecule has 1 heterocycles. The van der Waals surface area contributed by atoms with Crippen LogP contribution in [0.4, 0.5) is 10.5 Å². The van der Waals surface area contributed by atoms with Crippen LogP contribution in [0.25, 0.3) is 0 Å². The molecule has 6 heteroatoms. The van der Waals surface area contributed by atoms with Gasteiger partial charge in [0.05, 0.1) is 6.61 Å². The molecule has 1 atom stereocenters. The number of aromatic nitrogens is 1. The Kier molecular flexibility index (Phi) is 5.79.